The van der Waals surface area contributed by atoms with Gasteiger partial charge in [-0.1, -0.05) is 24.8 Å². The smallest absolute Gasteiger partial charge is 0.217 e. The minimum Gasteiger partial charge on any atom is -0.399 e. The lowest BCUT2D eigenvalue weighted by molar-refractivity contribution is -0.107. The number of fused-ring (bicyclic) bond motifs is 3. The molecular formula is C22H27N3OS. The first kappa shape index (κ1) is 19.4. The number of amides is 1. The first-order chi connectivity index (χ1) is 13.2. The van der Waals surface area contributed by atoms with Crippen molar-refractivity contribution >= 4 is 29.7 Å². The van der Waals surface area contributed by atoms with E-state index in [0.29, 0.717) is 12.1 Å². The fourth-order valence-electron chi connectivity index (χ4n) is 4.04. The van der Waals surface area contributed by atoms with Crippen LogP contribution >= 0.6 is 11.9 Å². The summed E-state index contributed by atoms with van der Waals surface area (Å²) in [4.78, 5) is 11.0. The second kappa shape index (κ2) is 9.00. The van der Waals surface area contributed by atoms with E-state index in [1.54, 1.807) is 22.3 Å². The number of rotatable bonds is 5. The molecule has 0 fully saturated rings. The lowest BCUT2D eigenvalue weighted by Gasteiger charge is -2.13. The Kier molecular flexibility index (Phi) is 6.45. The van der Waals surface area contributed by atoms with Gasteiger partial charge in [-0.2, -0.15) is 0 Å². The van der Waals surface area contributed by atoms with Crippen molar-refractivity contribution in [3.8, 4) is 0 Å². The summed E-state index contributed by atoms with van der Waals surface area (Å²) in [7, 11) is 2.05. The van der Waals surface area contributed by atoms with Crippen LogP contribution < -0.4 is 15.8 Å². The maximum absolute atomic E-state index is 10.1. The summed E-state index contributed by atoms with van der Waals surface area (Å²) in [6.07, 6.45) is 8.61. The molecule has 27 heavy (non-hydrogen) atoms. The van der Waals surface area contributed by atoms with E-state index in [-0.39, 0.29) is 0 Å². The molecule has 0 radical (unpaired) electrons. The molecule has 1 amide bonds. The summed E-state index contributed by atoms with van der Waals surface area (Å²) < 4.78 is 2.50. The van der Waals surface area contributed by atoms with Crippen molar-refractivity contribution in [3.63, 3.8) is 0 Å². The topological polar surface area (TPSA) is 67.1 Å². The standard InChI is InChI=1S/C13H17N.C9H10N2OS/c1-14-13-8-9-4-2-5-10(9)11-6-3-7-12(11)13;1-7(10)8-4-2-3-5-9(8)13-11-6-12/h8,14H,2-7H2,1H3;2-6H,1,10H2,(H,11,12). The number of hydrogen-bond donors (Lipinski definition) is 3. The lowest BCUT2D eigenvalue weighted by Crippen LogP contribution is -2.01. The van der Waals surface area contributed by atoms with Gasteiger partial charge in [0.05, 0.1) is 0 Å². The van der Waals surface area contributed by atoms with Gasteiger partial charge in [-0.05, 0) is 84.9 Å². The quantitative estimate of drug-likeness (QED) is 0.539. The minimum atomic E-state index is 0.496. The molecule has 0 unspecified atom stereocenters. The van der Waals surface area contributed by atoms with Gasteiger partial charge in [0, 0.05) is 28.9 Å². The van der Waals surface area contributed by atoms with Gasteiger partial charge in [-0.3, -0.25) is 9.52 Å². The molecule has 0 spiro atoms. The Morgan fingerprint density at radius 3 is 2.56 bits per heavy atom. The van der Waals surface area contributed by atoms with Crippen LogP contribution in [0.25, 0.3) is 5.70 Å². The Morgan fingerprint density at radius 2 is 1.81 bits per heavy atom. The Hall–Kier alpha value is -2.40. The SMILES string of the molecule is C=C(N)c1ccccc1SNC=O.CNc1cc2c(c3c1CCC3)CCC2. The van der Waals surface area contributed by atoms with Crippen LogP contribution in [0.5, 0.6) is 0 Å². The van der Waals surface area contributed by atoms with Gasteiger partial charge in [0.25, 0.3) is 0 Å². The van der Waals surface area contributed by atoms with Gasteiger partial charge in [-0.15, -0.1) is 0 Å². The third kappa shape index (κ3) is 4.30. The monoisotopic (exact) mass is 381 g/mol. The van der Waals surface area contributed by atoms with Crippen LogP contribution in [0, 0.1) is 0 Å². The average molecular weight is 382 g/mol. The van der Waals surface area contributed by atoms with Crippen molar-refractivity contribution < 1.29 is 4.79 Å². The lowest BCUT2D eigenvalue weighted by atomic mass is 9.98. The number of aryl methyl sites for hydroxylation is 1. The predicted molar refractivity (Wildman–Crippen MR) is 115 cm³/mol. The van der Waals surface area contributed by atoms with Gasteiger partial charge < -0.3 is 11.1 Å². The minimum absolute atomic E-state index is 0.496. The average Bonchev–Trinajstić information content (AvgIpc) is 3.34. The van der Waals surface area contributed by atoms with Crippen molar-refractivity contribution in [2.45, 2.75) is 43.4 Å². The van der Waals surface area contributed by atoms with Crippen LogP contribution in [-0.4, -0.2) is 13.5 Å². The van der Waals surface area contributed by atoms with E-state index in [1.165, 1.54) is 56.2 Å². The van der Waals surface area contributed by atoms with E-state index in [2.05, 4.69) is 29.7 Å². The van der Waals surface area contributed by atoms with E-state index < -0.39 is 0 Å². The predicted octanol–water partition coefficient (Wildman–Crippen LogP) is 4.07. The van der Waals surface area contributed by atoms with E-state index >= 15 is 0 Å². The number of carbonyl (C=O) groups excluding carboxylic acids is 1. The Bertz CT molecular complexity index is 848. The summed E-state index contributed by atoms with van der Waals surface area (Å²) in [5, 5.41) is 3.36. The fraction of sp³-hybridized carbons (Fsp3) is 0.318. The zero-order chi connectivity index (χ0) is 19.2. The second-order valence-electron chi connectivity index (χ2n) is 6.84. The first-order valence-corrected chi connectivity index (χ1v) is 10.2. The number of benzene rings is 2. The number of hydrogen-bond acceptors (Lipinski definition) is 4. The Morgan fingerprint density at radius 1 is 1.11 bits per heavy atom. The maximum atomic E-state index is 10.1. The molecule has 0 saturated heterocycles. The van der Waals surface area contributed by atoms with Crippen molar-refractivity contribution in [1.82, 2.24) is 4.72 Å². The Labute approximate surface area is 165 Å². The van der Waals surface area contributed by atoms with Crippen LogP contribution in [-0.2, 0) is 30.5 Å². The van der Waals surface area contributed by atoms with Gasteiger partial charge >= 0.3 is 0 Å². The summed E-state index contributed by atoms with van der Waals surface area (Å²) >= 11 is 1.22. The summed E-state index contributed by atoms with van der Waals surface area (Å²) in [6.45, 7) is 3.64. The van der Waals surface area contributed by atoms with E-state index in [4.69, 9.17) is 5.73 Å². The van der Waals surface area contributed by atoms with Crippen LogP contribution in [0.4, 0.5) is 5.69 Å². The van der Waals surface area contributed by atoms with Gasteiger partial charge in [0.1, 0.15) is 0 Å². The second-order valence-corrected chi connectivity index (χ2v) is 7.71. The molecule has 2 aliphatic carbocycles. The molecule has 5 heteroatoms. The summed E-state index contributed by atoms with van der Waals surface area (Å²) in [5.41, 5.74) is 15.0. The van der Waals surface area contributed by atoms with Crippen LogP contribution in [0.3, 0.4) is 0 Å². The number of nitrogens with two attached hydrogens (primary N) is 1. The molecule has 4 N–H and O–H groups in total. The zero-order valence-electron chi connectivity index (χ0n) is 15.8. The number of anilines is 1. The summed E-state index contributed by atoms with van der Waals surface area (Å²) in [6, 6.07) is 9.87. The highest BCUT2D eigenvalue weighted by atomic mass is 32.2. The fourth-order valence-corrected chi connectivity index (χ4v) is 4.67. The van der Waals surface area contributed by atoms with Gasteiger partial charge in [0.2, 0.25) is 6.41 Å². The molecule has 0 bridgehead atoms. The van der Waals surface area contributed by atoms with Gasteiger partial charge in [0.15, 0.2) is 0 Å². The first-order valence-electron chi connectivity index (χ1n) is 9.39. The summed E-state index contributed by atoms with van der Waals surface area (Å²) in [5.74, 6) is 0. The molecule has 0 aliphatic heterocycles. The van der Waals surface area contributed by atoms with Crippen molar-refractivity contribution in [3.05, 3.63) is 64.7 Å². The zero-order valence-corrected chi connectivity index (χ0v) is 16.6. The highest BCUT2D eigenvalue weighted by Crippen LogP contribution is 2.37. The van der Waals surface area contributed by atoms with E-state index in [0.717, 1.165) is 10.5 Å². The highest BCUT2D eigenvalue weighted by molar-refractivity contribution is 7.98. The van der Waals surface area contributed by atoms with Crippen LogP contribution in [0.15, 0.2) is 41.8 Å². The number of nitrogens with one attached hydrogen (secondary N) is 2. The van der Waals surface area contributed by atoms with Gasteiger partial charge in [-0.25, -0.2) is 0 Å². The third-order valence-electron chi connectivity index (χ3n) is 5.21. The molecule has 0 aromatic heterocycles. The molecule has 2 aromatic rings. The molecule has 0 saturated carbocycles. The molecule has 4 rings (SSSR count). The van der Waals surface area contributed by atoms with E-state index in [9.17, 15) is 4.79 Å². The van der Waals surface area contributed by atoms with Crippen molar-refractivity contribution in [1.29, 1.82) is 0 Å². The largest absolute Gasteiger partial charge is 0.399 e. The number of carbonyl (C=O) groups is 1. The molecule has 0 atom stereocenters. The highest BCUT2D eigenvalue weighted by Gasteiger charge is 2.23. The maximum Gasteiger partial charge on any atom is 0.217 e. The van der Waals surface area contributed by atoms with Crippen molar-refractivity contribution in [2.75, 3.05) is 12.4 Å². The third-order valence-corrected chi connectivity index (χ3v) is 6.00. The Balaban J connectivity index is 0.000000157. The molecule has 2 aliphatic rings. The molecule has 2 aromatic carbocycles. The van der Waals surface area contributed by atoms with E-state index in [1.807, 2.05) is 24.3 Å². The van der Waals surface area contributed by atoms with Crippen LogP contribution in [0.2, 0.25) is 0 Å². The molecule has 0 heterocycles. The molecule has 142 valence electrons. The molecular weight excluding hydrogens is 354 g/mol. The van der Waals surface area contributed by atoms with Crippen LogP contribution in [0.1, 0.15) is 40.7 Å². The van der Waals surface area contributed by atoms with Crippen molar-refractivity contribution in [2.24, 2.45) is 5.73 Å². The molecule has 4 nitrogen and oxygen atoms in total. The normalized spacial score (nSPS) is 13.8.